The lowest BCUT2D eigenvalue weighted by Crippen LogP contribution is -2.45. The summed E-state index contributed by atoms with van der Waals surface area (Å²) < 4.78 is 2.02. The van der Waals surface area contributed by atoms with Crippen molar-refractivity contribution in [3.63, 3.8) is 0 Å². The summed E-state index contributed by atoms with van der Waals surface area (Å²) in [5.41, 5.74) is 2.17. The number of aryl methyl sites for hydroxylation is 1. The van der Waals surface area contributed by atoms with Gasteiger partial charge >= 0.3 is 0 Å². The summed E-state index contributed by atoms with van der Waals surface area (Å²) in [6, 6.07) is 4.70. The molecule has 24 heavy (non-hydrogen) atoms. The van der Waals surface area contributed by atoms with E-state index in [2.05, 4.69) is 21.3 Å². The van der Waals surface area contributed by atoms with Gasteiger partial charge < -0.3 is 9.88 Å². The molecule has 2 aromatic heterocycles. The van der Waals surface area contributed by atoms with Gasteiger partial charge in [-0.25, -0.2) is 4.98 Å². The fourth-order valence-electron chi connectivity index (χ4n) is 4.10. The molecule has 1 N–H and O–H groups in total. The van der Waals surface area contributed by atoms with Crippen LogP contribution in [0.2, 0.25) is 0 Å². The van der Waals surface area contributed by atoms with E-state index in [1.54, 1.807) is 11.3 Å². The number of imidazole rings is 1. The number of aromatic nitrogens is 2. The molecule has 1 fully saturated rings. The van der Waals surface area contributed by atoms with Gasteiger partial charge in [-0.05, 0) is 24.3 Å². The Kier molecular flexibility index (Phi) is 4.41. The van der Waals surface area contributed by atoms with Gasteiger partial charge in [0, 0.05) is 31.1 Å². The first-order valence-electron chi connectivity index (χ1n) is 8.76. The molecule has 2 aliphatic rings. The second-order valence-corrected chi connectivity index (χ2v) is 7.94. The number of rotatable bonds is 4. The van der Waals surface area contributed by atoms with Crippen LogP contribution in [0.4, 0.5) is 0 Å². The lowest BCUT2D eigenvalue weighted by atomic mass is 9.95. The fraction of sp³-hybridized carbons (Fsp3) is 0.556. The van der Waals surface area contributed by atoms with Gasteiger partial charge in [0.05, 0.1) is 30.2 Å². The van der Waals surface area contributed by atoms with Crippen LogP contribution in [0, 0.1) is 0 Å². The first kappa shape index (κ1) is 15.8. The van der Waals surface area contributed by atoms with Gasteiger partial charge in [0.1, 0.15) is 0 Å². The van der Waals surface area contributed by atoms with Crippen molar-refractivity contribution < 1.29 is 4.79 Å². The Labute approximate surface area is 146 Å². The third-order valence-corrected chi connectivity index (χ3v) is 6.21. The van der Waals surface area contributed by atoms with E-state index in [1.165, 1.54) is 30.6 Å². The largest absolute Gasteiger partial charge is 0.351 e. The number of hydrogen-bond acceptors (Lipinski definition) is 4. The van der Waals surface area contributed by atoms with Gasteiger partial charge in [0.15, 0.2) is 0 Å². The first-order valence-corrected chi connectivity index (χ1v) is 9.64. The van der Waals surface area contributed by atoms with Crippen molar-refractivity contribution in [2.75, 3.05) is 6.54 Å². The van der Waals surface area contributed by atoms with Crippen LogP contribution in [-0.2, 0) is 24.9 Å². The SMILES string of the molecule is Cn1cnc2c1C(C(=O)NCc1cccs1)CN(C1CCCC1)C2. The molecule has 0 saturated heterocycles. The summed E-state index contributed by atoms with van der Waals surface area (Å²) in [7, 11) is 2.00. The molecule has 1 saturated carbocycles. The zero-order valence-electron chi connectivity index (χ0n) is 14.1. The van der Waals surface area contributed by atoms with Crippen LogP contribution in [0.3, 0.4) is 0 Å². The van der Waals surface area contributed by atoms with Gasteiger partial charge in [-0.2, -0.15) is 0 Å². The fourth-order valence-corrected chi connectivity index (χ4v) is 4.74. The van der Waals surface area contributed by atoms with Crippen molar-refractivity contribution in [1.29, 1.82) is 0 Å². The van der Waals surface area contributed by atoms with Crippen molar-refractivity contribution in [3.8, 4) is 0 Å². The summed E-state index contributed by atoms with van der Waals surface area (Å²) >= 11 is 1.68. The minimum Gasteiger partial charge on any atom is -0.351 e. The third-order valence-electron chi connectivity index (χ3n) is 5.34. The molecule has 0 bridgehead atoms. The maximum absolute atomic E-state index is 12.9. The molecule has 1 unspecified atom stereocenters. The lowest BCUT2D eigenvalue weighted by molar-refractivity contribution is -0.123. The average Bonchev–Trinajstić information content (AvgIpc) is 3.34. The molecular weight excluding hydrogens is 320 g/mol. The van der Waals surface area contributed by atoms with Gasteiger partial charge in [-0.1, -0.05) is 18.9 Å². The van der Waals surface area contributed by atoms with Gasteiger partial charge in [-0.15, -0.1) is 11.3 Å². The Balaban J connectivity index is 1.52. The molecule has 3 heterocycles. The second kappa shape index (κ2) is 6.69. The quantitative estimate of drug-likeness (QED) is 0.928. The summed E-state index contributed by atoms with van der Waals surface area (Å²) in [6.45, 7) is 2.31. The monoisotopic (exact) mass is 344 g/mol. The Morgan fingerprint density at radius 3 is 3.00 bits per heavy atom. The van der Waals surface area contributed by atoms with E-state index in [0.717, 1.165) is 24.5 Å². The molecule has 1 aliphatic heterocycles. The first-order chi connectivity index (χ1) is 11.7. The maximum Gasteiger partial charge on any atom is 0.230 e. The summed E-state index contributed by atoms with van der Waals surface area (Å²) in [4.78, 5) is 21.1. The Morgan fingerprint density at radius 2 is 2.25 bits per heavy atom. The van der Waals surface area contributed by atoms with Crippen LogP contribution in [0.1, 0.15) is 47.9 Å². The molecule has 2 aromatic rings. The van der Waals surface area contributed by atoms with Gasteiger partial charge in [0.2, 0.25) is 5.91 Å². The highest BCUT2D eigenvalue weighted by Gasteiger charge is 2.36. The highest BCUT2D eigenvalue weighted by atomic mass is 32.1. The van der Waals surface area contributed by atoms with Crippen LogP contribution in [0.5, 0.6) is 0 Å². The Bertz CT molecular complexity index is 703. The number of carbonyl (C=O) groups is 1. The lowest BCUT2D eigenvalue weighted by Gasteiger charge is -2.36. The van der Waals surface area contributed by atoms with E-state index in [0.29, 0.717) is 12.6 Å². The highest BCUT2D eigenvalue weighted by molar-refractivity contribution is 7.09. The molecule has 6 heteroatoms. The predicted molar refractivity (Wildman–Crippen MR) is 94.8 cm³/mol. The van der Waals surface area contributed by atoms with Gasteiger partial charge in [-0.3, -0.25) is 9.69 Å². The van der Waals surface area contributed by atoms with Gasteiger partial charge in [0.25, 0.3) is 0 Å². The molecule has 0 radical (unpaired) electrons. The van der Waals surface area contributed by atoms with Crippen molar-refractivity contribution in [2.45, 2.75) is 50.7 Å². The molecule has 4 rings (SSSR count). The van der Waals surface area contributed by atoms with E-state index in [4.69, 9.17) is 0 Å². The van der Waals surface area contributed by atoms with Crippen molar-refractivity contribution >= 4 is 17.2 Å². The van der Waals surface area contributed by atoms with Crippen LogP contribution < -0.4 is 5.32 Å². The minimum atomic E-state index is -0.123. The average molecular weight is 344 g/mol. The smallest absolute Gasteiger partial charge is 0.230 e. The summed E-state index contributed by atoms with van der Waals surface area (Å²) in [5.74, 6) is -0.00207. The van der Waals surface area contributed by atoms with E-state index in [9.17, 15) is 4.79 Å². The zero-order chi connectivity index (χ0) is 16.5. The van der Waals surface area contributed by atoms with Crippen molar-refractivity contribution in [2.24, 2.45) is 7.05 Å². The molecule has 128 valence electrons. The zero-order valence-corrected chi connectivity index (χ0v) is 14.9. The molecule has 1 amide bonds. The van der Waals surface area contributed by atoms with Crippen LogP contribution >= 0.6 is 11.3 Å². The molecular formula is C18H24N4OS. The standard InChI is InChI=1S/C18H24N4OS/c1-21-12-20-16-11-22(13-5-2-3-6-13)10-15(17(16)21)18(23)19-9-14-7-4-8-24-14/h4,7-8,12-13,15H,2-3,5-6,9-11H2,1H3,(H,19,23). The van der Waals surface area contributed by atoms with E-state index in [1.807, 2.05) is 29.4 Å². The number of nitrogens with zero attached hydrogens (tertiary/aromatic N) is 3. The molecule has 0 aromatic carbocycles. The molecule has 5 nitrogen and oxygen atoms in total. The Hall–Kier alpha value is -1.66. The second-order valence-electron chi connectivity index (χ2n) is 6.90. The highest BCUT2D eigenvalue weighted by Crippen LogP contribution is 2.33. The molecule has 0 spiro atoms. The number of nitrogens with one attached hydrogen (secondary N) is 1. The van der Waals surface area contributed by atoms with Crippen molar-refractivity contribution in [1.82, 2.24) is 19.8 Å². The Morgan fingerprint density at radius 1 is 1.42 bits per heavy atom. The van der Waals surface area contributed by atoms with E-state index >= 15 is 0 Å². The van der Waals surface area contributed by atoms with Crippen LogP contribution in [0.15, 0.2) is 23.8 Å². The van der Waals surface area contributed by atoms with Crippen LogP contribution in [-0.4, -0.2) is 32.9 Å². The number of hydrogen-bond donors (Lipinski definition) is 1. The number of amides is 1. The number of fused-ring (bicyclic) bond motifs is 1. The maximum atomic E-state index is 12.9. The van der Waals surface area contributed by atoms with Crippen molar-refractivity contribution in [3.05, 3.63) is 40.1 Å². The topological polar surface area (TPSA) is 50.2 Å². The summed E-state index contributed by atoms with van der Waals surface area (Å²) in [5, 5.41) is 5.17. The summed E-state index contributed by atoms with van der Waals surface area (Å²) in [6.07, 6.45) is 6.98. The van der Waals surface area contributed by atoms with E-state index in [-0.39, 0.29) is 11.8 Å². The predicted octanol–water partition coefficient (Wildman–Crippen LogP) is 2.64. The third kappa shape index (κ3) is 3.00. The minimum absolute atomic E-state index is 0.121. The van der Waals surface area contributed by atoms with E-state index < -0.39 is 0 Å². The molecule has 1 atom stereocenters. The molecule has 1 aliphatic carbocycles. The number of thiophene rings is 1. The van der Waals surface area contributed by atoms with Crippen LogP contribution in [0.25, 0.3) is 0 Å². The normalized spacial score (nSPS) is 21.8. The number of carbonyl (C=O) groups excluding carboxylic acids is 1.